The second-order valence-corrected chi connectivity index (χ2v) is 5.89. The zero-order valence-electron chi connectivity index (χ0n) is 13.9. The fraction of sp³-hybridized carbons (Fsp3) is 0.400. The molecule has 0 aliphatic carbocycles. The first-order valence-electron chi connectivity index (χ1n) is 8.19. The fourth-order valence-electron chi connectivity index (χ4n) is 3.12. The third-order valence-corrected chi connectivity index (χ3v) is 4.46. The van der Waals surface area contributed by atoms with Gasteiger partial charge in [-0.05, 0) is 12.0 Å². The maximum Gasteiger partial charge on any atom is 0.224 e. The van der Waals surface area contributed by atoms with Crippen molar-refractivity contribution in [2.45, 2.75) is 44.0 Å². The molecule has 0 heterocycles. The number of aliphatic hydroxyl groups is 2. The van der Waals surface area contributed by atoms with Crippen LogP contribution in [0, 0.1) is 0 Å². The van der Waals surface area contributed by atoms with Crippen molar-refractivity contribution < 1.29 is 14.9 Å². The molecule has 2 aromatic rings. The highest BCUT2D eigenvalue weighted by atomic mass is 16.6. The Morgan fingerprint density at radius 1 is 0.826 bits per heavy atom. The molecule has 0 aliphatic heterocycles. The normalized spacial score (nSPS) is 14.4. The molecule has 2 aromatic carbocycles. The molecule has 0 spiro atoms. The largest absolute Gasteiger partial charge is 0.367 e. The summed E-state index contributed by atoms with van der Waals surface area (Å²) in [5.41, 5.74) is -0.000201. The first-order valence-corrected chi connectivity index (χ1v) is 8.19. The summed E-state index contributed by atoms with van der Waals surface area (Å²) in [6, 6.07) is 18.4. The summed E-state index contributed by atoms with van der Waals surface area (Å²) < 4.78 is 5.79. The zero-order valence-corrected chi connectivity index (χ0v) is 13.9. The molecule has 1 unspecified atom stereocenters. The van der Waals surface area contributed by atoms with Crippen LogP contribution in [0.1, 0.15) is 43.7 Å². The van der Waals surface area contributed by atoms with E-state index in [4.69, 9.17) is 4.74 Å². The van der Waals surface area contributed by atoms with Crippen molar-refractivity contribution >= 4 is 0 Å². The number of rotatable bonds is 8. The third-order valence-electron chi connectivity index (χ3n) is 4.46. The van der Waals surface area contributed by atoms with Gasteiger partial charge in [-0.2, -0.15) is 0 Å². The Hall–Kier alpha value is -1.68. The van der Waals surface area contributed by atoms with Gasteiger partial charge in [-0.3, -0.25) is 0 Å². The number of methoxy groups -OCH3 is 1. The molecule has 2 rings (SSSR count). The molecule has 1 atom stereocenters. The van der Waals surface area contributed by atoms with Gasteiger partial charge in [-0.1, -0.05) is 86.8 Å². The van der Waals surface area contributed by atoms with Crippen molar-refractivity contribution in [3.63, 3.8) is 0 Å². The minimum absolute atomic E-state index is 0.433. The van der Waals surface area contributed by atoms with E-state index in [0.717, 1.165) is 24.8 Å². The molecule has 3 heteroatoms. The lowest BCUT2D eigenvalue weighted by Crippen LogP contribution is -2.51. The summed E-state index contributed by atoms with van der Waals surface area (Å²) in [4.78, 5) is 0. The summed E-state index contributed by atoms with van der Waals surface area (Å²) >= 11 is 0. The van der Waals surface area contributed by atoms with Crippen LogP contribution in [0.5, 0.6) is 0 Å². The predicted molar refractivity (Wildman–Crippen MR) is 91.8 cm³/mol. The van der Waals surface area contributed by atoms with E-state index >= 15 is 0 Å². The van der Waals surface area contributed by atoms with Crippen LogP contribution in [-0.2, 0) is 16.1 Å². The van der Waals surface area contributed by atoms with Gasteiger partial charge in [0.1, 0.15) is 0 Å². The maximum atomic E-state index is 11.1. The van der Waals surface area contributed by atoms with E-state index in [0.29, 0.717) is 12.0 Å². The lowest BCUT2D eigenvalue weighted by molar-refractivity contribution is -0.303. The van der Waals surface area contributed by atoms with Crippen molar-refractivity contribution in [3.8, 4) is 0 Å². The van der Waals surface area contributed by atoms with E-state index in [-0.39, 0.29) is 0 Å². The maximum absolute atomic E-state index is 11.1. The second-order valence-electron chi connectivity index (χ2n) is 5.89. The summed E-state index contributed by atoms with van der Waals surface area (Å²) in [5.74, 6) is -2.11. The summed E-state index contributed by atoms with van der Waals surface area (Å²) in [7, 11) is 1.54. The highest BCUT2D eigenvalue weighted by Crippen LogP contribution is 2.45. The number of hydrogen-bond donors (Lipinski definition) is 2. The topological polar surface area (TPSA) is 49.7 Å². The predicted octanol–water partition coefficient (Wildman–Crippen LogP) is 3.95. The minimum atomic E-state index is -2.11. The molecule has 0 fully saturated rings. The van der Waals surface area contributed by atoms with Gasteiger partial charge >= 0.3 is 0 Å². The molecule has 0 saturated heterocycles. The Balaban J connectivity index is 2.51. The highest BCUT2D eigenvalue weighted by molar-refractivity contribution is 5.32. The van der Waals surface area contributed by atoms with E-state index in [1.54, 1.807) is 31.4 Å². The monoisotopic (exact) mass is 314 g/mol. The van der Waals surface area contributed by atoms with Gasteiger partial charge in [-0.25, -0.2) is 0 Å². The van der Waals surface area contributed by atoms with Gasteiger partial charge in [0.2, 0.25) is 5.79 Å². The average molecular weight is 314 g/mol. The molecule has 0 amide bonds. The third kappa shape index (κ3) is 3.47. The number of ether oxygens (including phenoxy) is 1. The Kier molecular flexibility index (Phi) is 5.94. The minimum Gasteiger partial charge on any atom is -0.367 e. The van der Waals surface area contributed by atoms with Crippen LogP contribution in [0.2, 0.25) is 0 Å². The van der Waals surface area contributed by atoms with Gasteiger partial charge in [-0.15, -0.1) is 0 Å². The first-order chi connectivity index (χ1) is 11.1. The molecule has 0 aliphatic rings. The van der Waals surface area contributed by atoms with Crippen LogP contribution < -0.4 is 0 Å². The van der Waals surface area contributed by atoms with E-state index < -0.39 is 11.4 Å². The number of benzene rings is 2. The van der Waals surface area contributed by atoms with Crippen molar-refractivity contribution in [3.05, 3.63) is 71.8 Å². The first kappa shape index (κ1) is 17.7. The fourth-order valence-corrected chi connectivity index (χ4v) is 3.12. The van der Waals surface area contributed by atoms with Crippen molar-refractivity contribution in [1.82, 2.24) is 0 Å². The van der Waals surface area contributed by atoms with Crippen LogP contribution in [0.4, 0.5) is 0 Å². The Labute approximate surface area is 138 Å². The molecule has 23 heavy (non-hydrogen) atoms. The summed E-state index contributed by atoms with van der Waals surface area (Å²) in [6.45, 7) is 2.12. The Morgan fingerprint density at radius 3 is 1.83 bits per heavy atom. The molecule has 0 radical (unpaired) electrons. The number of hydrogen-bond acceptors (Lipinski definition) is 3. The summed E-state index contributed by atoms with van der Waals surface area (Å²) in [6.07, 6.45) is 3.46. The highest BCUT2D eigenvalue weighted by Gasteiger charge is 2.52. The van der Waals surface area contributed by atoms with Gasteiger partial charge < -0.3 is 14.9 Å². The smallest absolute Gasteiger partial charge is 0.224 e. The van der Waals surface area contributed by atoms with Crippen molar-refractivity contribution in [2.24, 2.45) is 0 Å². The lowest BCUT2D eigenvalue weighted by Gasteiger charge is -2.43. The van der Waals surface area contributed by atoms with Crippen LogP contribution >= 0.6 is 0 Å². The summed E-state index contributed by atoms with van der Waals surface area (Å²) in [5, 5.41) is 22.2. The Morgan fingerprint density at radius 2 is 1.35 bits per heavy atom. The van der Waals surface area contributed by atoms with E-state index in [1.165, 1.54) is 0 Å². The molecule has 3 nitrogen and oxygen atoms in total. The SMILES string of the molecule is CCCCCC(OC)(c1ccccc1)C(O)(O)c1ccccc1. The Bertz CT molecular complexity index is 580. The van der Waals surface area contributed by atoms with Crippen LogP contribution in [-0.4, -0.2) is 17.3 Å². The van der Waals surface area contributed by atoms with Gasteiger partial charge in [0, 0.05) is 12.7 Å². The van der Waals surface area contributed by atoms with Gasteiger partial charge in [0.05, 0.1) is 0 Å². The van der Waals surface area contributed by atoms with Gasteiger partial charge in [0.15, 0.2) is 5.60 Å². The molecule has 0 bridgehead atoms. The zero-order chi connectivity index (χ0) is 16.8. The molecule has 0 saturated carbocycles. The van der Waals surface area contributed by atoms with E-state index in [2.05, 4.69) is 6.92 Å². The molecular weight excluding hydrogens is 288 g/mol. The lowest BCUT2D eigenvalue weighted by atomic mass is 9.77. The molecule has 124 valence electrons. The van der Waals surface area contributed by atoms with Crippen LogP contribution in [0.25, 0.3) is 0 Å². The quantitative estimate of drug-likeness (QED) is 0.573. The van der Waals surface area contributed by atoms with Crippen molar-refractivity contribution in [1.29, 1.82) is 0 Å². The second kappa shape index (κ2) is 7.73. The van der Waals surface area contributed by atoms with Crippen LogP contribution in [0.3, 0.4) is 0 Å². The molecule has 2 N–H and O–H groups in total. The van der Waals surface area contributed by atoms with E-state index in [1.807, 2.05) is 36.4 Å². The van der Waals surface area contributed by atoms with Crippen LogP contribution in [0.15, 0.2) is 60.7 Å². The molecule has 0 aromatic heterocycles. The van der Waals surface area contributed by atoms with Gasteiger partial charge in [0.25, 0.3) is 0 Å². The van der Waals surface area contributed by atoms with Crippen molar-refractivity contribution in [2.75, 3.05) is 7.11 Å². The average Bonchev–Trinajstić information content (AvgIpc) is 2.60. The standard InChI is InChI=1S/C20H26O3/c1-3-4-11-16-19(23-2,17-12-7-5-8-13-17)20(21,22)18-14-9-6-10-15-18/h5-10,12-15,21-22H,3-4,11,16H2,1-2H3. The number of unbranched alkanes of at least 4 members (excludes halogenated alkanes) is 2. The van der Waals surface area contributed by atoms with E-state index in [9.17, 15) is 10.2 Å². The molecular formula is C20H26O3.